The maximum Gasteiger partial charge on any atom is 0.335 e. The molecule has 0 aliphatic rings. The lowest BCUT2D eigenvalue weighted by molar-refractivity contribution is 0.0696. The van der Waals surface area contributed by atoms with Crippen LogP contribution in [0.3, 0.4) is 0 Å². The zero-order valence-electron chi connectivity index (χ0n) is 9.95. The largest absolute Gasteiger partial charge is 0.478 e. The quantitative estimate of drug-likeness (QED) is 0.876. The van der Waals surface area contributed by atoms with Gasteiger partial charge in [0, 0.05) is 10.2 Å². The van der Waals surface area contributed by atoms with Crippen LogP contribution in [0, 0.1) is 6.92 Å². The molecule has 4 nitrogen and oxygen atoms in total. The average Bonchev–Trinajstić information content (AvgIpc) is 2.32. The lowest BCUT2D eigenvalue weighted by atomic mass is 10.2. The van der Waals surface area contributed by atoms with Crippen LogP contribution in [0.1, 0.15) is 16.1 Å². The van der Waals surface area contributed by atoms with E-state index in [-0.39, 0.29) is 5.56 Å². The van der Waals surface area contributed by atoms with Crippen molar-refractivity contribution in [2.24, 2.45) is 0 Å². The van der Waals surface area contributed by atoms with Crippen molar-refractivity contribution in [3.63, 3.8) is 0 Å². The fourth-order valence-corrected chi connectivity index (χ4v) is 2.31. The molecule has 2 rings (SSSR count). The van der Waals surface area contributed by atoms with Gasteiger partial charge >= 0.3 is 5.97 Å². The molecule has 0 bridgehead atoms. The molecular weight excluding hydrogens is 332 g/mol. The minimum Gasteiger partial charge on any atom is -0.478 e. The van der Waals surface area contributed by atoms with Crippen molar-refractivity contribution in [1.82, 2.24) is 4.98 Å². The second-order valence-electron chi connectivity index (χ2n) is 3.94. The molecule has 0 aliphatic carbocycles. The van der Waals surface area contributed by atoms with Crippen molar-refractivity contribution >= 4 is 45.0 Å². The number of benzene rings is 1. The predicted molar refractivity (Wildman–Crippen MR) is 78.4 cm³/mol. The number of rotatable bonds is 3. The highest BCUT2D eigenvalue weighted by molar-refractivity contribution is 9.10. The van der Waals surface area contributed by atoms with Gasteiger partial charge in [-0.05, 0) is 37.3 Å². The Hall–Kier alpha value is -1.59. The molecule has 0 saturated carbocycles. The molecule has 1 heterocycles. The van der Waals surface area contributed by atoms with Crippen LogP contribution in [0.25, 0.3) is 0 Å². The van der Waals surface area contributed by atoms with Crippen molar-refractivity contribution in [3.8, 4) is 0 Å². The van der Waals surface area contributed by atoms with Crippen LogP contribution in [0.5, 0.6) is 0 Å². The van der Waals surface area contributed by atoms with Crippen molar-refractivity contribution < 1.29 is 9.90 Å². The van der Waals surface area contributed by atoms with E-state index >= 15 is 0 Å². The molecule has 0 fully saturated rings. The van der Waals surface area contributed by atoms with Crippen LogP contribution < -0.4 is 5.32 Å². The van der Waals surface area contributed by atoms with Crippen molar-refractivity contribution in [3.05, 3.63) is 51.1 Å². The van der Waals surface area contributed by atoms with E-state index in [0.717, 1.165) is 4.47 Å². The molecular formula is C13H10BrClN2O2. The van der Waals surface area contributed by atoms with Crippen molar-refractivity contribution in [1.29, 1.82) is 0 Å². The summed E-state index contributed by atoms with van der Waals surface area (Å²) in [5.41, 5.74) is 1.47. The monoisotopic (exact) mass is 340 g/mol. The Morgan fingerprint density at radius 3 is 2.74 bits per heavy atom. The summed E-state index contributed by atoms with van der Waals surface area (Å²) in [7, 11) is 0. The summed E-state index contributed by atoms with van der Waals surface area (Å²) in [6, 6.07) is 8.35. The highest BCUT2D eigenvalue weighted by Crippen LogP contribution is 2.28. The van der Waals surface area contributed by atoms with Crippen LogP contribution in [-0.4, -0.2) is 16.1 Å². The molecule has 1 aromatic carbocycles. The van der Waals surface area contributed by atoms with Gasteiger partial charge < -0.3 is 10.4 Å². The number of aryl methyl sites for hydroxylation is 1. The average molecular weight is 342 g/mol. The van der Waals surface area contributed by atoms with Crippen LogP contribution >= 0.6 is 27.5 Å². The first kappa shape index (κ1) is 13.8. The number of pyridine rings is 1. The van der Waals surface area contributed by atoms with Gasteiger partial charge in [0.15, 0.2) is 0 Å². The Kier molecular flexibility index (Phi) is 4.07. The maximum atomic E-state index is 11.0. The van der Waals surface area contributed by atoms with Gasteiger partial charge in [0.1, 0.15) is 5.82 Å². The summed E-state index contributed by atoms with van der Waals surface area (Å²) >= 11 is 9.40. The number of nitrogens with zero attached hydrogens (tertiary/aromatic N) is 1. The van der Waals surface area contributed by atoms with Gasteiger partial charge in [-0.25, -0.2) is 9.78 Å². The molecule has 0 spiro atoms. The molecule has 2 aromatic rings. The summed E-state index contributed by atoms with van der Waals surface area (Å²) in [5, 5.41) is 12.5. The van der Waals surface area contributed by atoms with Gasteiger partial charge in [-0.15, -0.1) is 0 Å². The normalized spacial score (nSPS) is 10.3. The smallest absolute Gasteiger partial charge is 0.335 e. The van der Waals surface area contributed by atoms with E-state index in [1.807, 2.05) is 6.07 Å². The molecule has 6 heteroatoms. The Bertz CT molecular complexity index is 647. The summed E-state index contributed by atoms with van der Waals surface area (Å²) in [6.07, 6.45) is 0. The first-order chi connectivity index (χ1) is 8.95. The summed E-state index contributed by atoms with van der Waals surface area (Å²) in [4.78, 5) is 15.2. The highest BCUT2D eigenvalue weighted by atomic mass is 79.9. The fourth-order valence-electron chi connectivity index (χ4n) is 1.58. The molecule has 0 amide bonds. The predicted octanol–water partition coefficient (Wildman–Crippen LogP) is 4.25. The molecule has 0 radical (unpaired) electrons. The van der Waals surface area contributed by atoms with Crippen LogP contribution in [0.2, 0.25) is 5.02 Å². The third-order valence-corrected chi connectivity index (χ3v) is 3.20. The number of carbonyl (C=O) groups is 1. The second-order valence-corrected chi connectivity index (χ2v) is 5.26. The van der Waals surface area contributed by atoms with Crippen LogP contribution in [-0.2, 0) is 0 Å². The maximum absolute atomic E-state index is 11.0. The lowest BCUT2D eigenvalue weighted by Crippen LogP contribution is -2.02. The minimum atomic E-state index is -0.990. The number of hydrogen-bond acceptors (Lipinski definition) is 3. The van der Waals surface area contributed by atoms with Gasteiger partial charge in [0.2, 0.25) is 0 Å². The van der Waals surface area contributed by atoms with Crippen LogP contribution in [0.15, 0.2) is 34.8 Å². The number of carboxylic acids is 1. The van der Waals surface area contributed by atoms with E-state index in [1.54, 1.807) is 19.1 Å². The third kappa shape index (κ3) is 3.45. The number of hydrogen-bond donors (Lipinski definition) is 2. The molecule has 1 aromatic heterocycles. The highest BCUT2D eigenvalue weighted by Gasteiger charge is 2.08. The molecule has 0 aliphatic heterocycles. The second kappa shape index (κ2) is 5.59. The molecule has 98 valence electrons. The zero-order valence-corrected chi connectivity index (χ0v) is 12.3. The van der Waals surface area contributed by atoms with Gasteiger partial charge in [-0.3, -0.25) is 0 Å². The number of aromatic nitrogens is 1. The lowest BCUT2D eigenvalue weighted by Gasteiger charge is -2.09. The van der Waals surface area contributed by atoms with Gasteiger partial charge in [-0.2, -0.15) is 0 Å². The molecule has 2 N–H and O–H groups in total. The number of carboxylic acid groups (broad SMARTS) is 1. The van der Waals surface area contributed by atoms with E-state index in [0.29, 0.717) is 22.2 Å². The van der Waals surface area contributed by atoms with Crippen LogP contribution in [0.4, 0.5) is 11.5 Å². The van der Waals surface area contributed by atoms with E-state index in [2.05, 4.69) is 26.2 Å². The third-order valence-electron chi connectivity index (χ3n) is 2.39. The first-order valence-electron chi connectivity index (χ1n) is 5.40. The van der Waals surface area contributed by atoms with Crippen molar-refractivity contribution in [2.45, 2.75) is 6.92 Å². The summed E-state index contributed by atoms with van der Waals surface area (Å²) in [6.45, 7) is 1.74. The van der Waals surface area contributed by atoms with E-state index in [1.165, 1.54) is 12.1 Å². The minimum absolute atomic E-state index is 0.184. The summed E-state index contributed by atoms with van der Waals surface area (Å²) < 4.78 is 0.867. The zero-order chi connectivity index (χ0) is 14.0. The SMILES string of the molecule is Cc1cc(C(=O)O)cc(Nc2ccc(Br)cc2Cl)n1. The first-order valence-corrected chi connectivity index (χ1v) is 6.57. The molecule has 0 unspecified atom stereocenters. The van der Waals surface area contributed by atoms with E-state index in [4.69, 9.17) is 16.7 Å². The number of aromatic carboxylic acids is 1. The van der Waals surface area contributed by atoms with Gasteiger partial charge in [0.05, 0.1) is 16.3 Å². The van der Waals surface area contributed by atoms with E-state index in [9.17, 15) is 4.79 Å². The summed E-state index contributed by atoms with van der Waals surface area (Å²) in [5.74, 6) is -0.544. The Morgan fingerprint density at radius 2 is 2.11 bits per heavy atom. The molecule has 19 heavy (non-hydrogen) atoms. The molecule has 0 atom stereocenters. The number of halogens is 2. The fraction of sp³-hybridized carbons (Fsp3) is 0.0769. The molecule has 0 saturated heterocycles. The standard InChI is InChI=1S/C13H10BrClN2O2/c1-7-4-8(13(18)19)5-12(16-7)17-11-3-2-9(14)6-10(11)15/h2-6H,1H3,(H,16,17)(H,18,19). The van der Waals surface area contributed by atoms with Crippen molar-refractivity contribution in [2.75, 3.05) is 5.32 Å². The Labute approximate surface area is 123 Å². The Morgan fingerprint density at radius 1 is 1.37 bits per heavy atom. The topological polar surface area (TPSA) is 62.2 Å². The van der Waals surface area contributed by atoms with Gasteiger partial charge in [0.25, 0.3) is 0 Å². The van der Waals surface area contributed by atoms with E-state index < -0.39 is 5.97 Å². The Balaban J connectivity index is 2.35. The van der Waals surface area contributed by atoms with Gasteiger partial charge in [-0.1, -0.05) is 27.5 Å². The number of anilines is 2. The number of nitrogens with one attached hydrogen (secondary N) is 1.